The van der Waals surface area contributed by atoms with Gasteiger partial charge in [-0.25, -0.2) is 0 Å². The van der Waals surface area contributed by atoms with Gasteiger partial charge in [0.1, 0.15) is 0 Å². The molecule has 0 N–H and O–H groups in total. The van der Waals surface area contributed by atoms with Gasteiger partial charge in [0.2, 0.25) is 0 Å². The summed E-state index contributed by atoms with van der Waals surface area (Å²) in [5.41, 5.74) is 20.7. The molecule has 0 spiro atoms. The molecule has 0 aromatic heterocycles. The van der Waals surface area contributed by atoms with Crippen molar-refractivity contribution in [2.45, 2.75) is 38.5 Å². The van der Waals surface area contributed by atoms with E-state index in [4.69, 9.17) is 0 Å². The molecule has 0 nitrogen and oxygen atoms in total. The minimum absolute atomic E-state index is 0.105. The summed E-state index contributed by atoms with van der Waals surface area (Å²) in [5, 5.41) is 7.60. The number of fused-ring (bicyclic) bond motifs is 9. The molecule has 0 aliphatic heterocycles. The Kier molecular flexibility index (Phi) is 7.42. The van der Waals surface area contributed by atoms with Gasteiger partial charge >= 0.3 is 0 Å². The topological polar surface area (TPSA) is 0 Å². The maximum Gasteiger partial charge on any atom is 0.0159 e. The Hall–Kier alpha value is -7.02. The van der Waals surface area contributed by atoms with Gasteiger partial charge < -0.3 is 0 Å². The normalized spacial score (nSPS) is 14.3. The summed E-state index contributed by atoms with van der Waals surface area (Å²) < 4.78 is 0. The van der Waals surface area contributed by atoms with Crippen LogP contribution in [0.15, 0.2) is 194 Å². The first-order chi connectivity index (χ1) is 29.3. The second-order valence-electron chi connectivity index (χ2n) is 18.0. The minimum atomic E-state index is -0.105. The molecule has 0 atom stereocenters. The standard InChI is InChI=1S/C60H44/c1-59(2)51-26-12-10-20-45(51)47-32-30-40(35-53(47)59)43-22-14-24-49-55(42-29-28-37-16-8-9-19-39(37)34-42)50-25-15-23-44(58(50)56(57(43)49)38-17-6-5-7-18-38)41-31-33-48-46-21-11-13-27-52(46)60(3,4)54(48)36-41/h5-36H,1-4H3. The molecule has 0 heteroatoms. The Balaban J connectivity index is 1.22. The molecule has 0 radical (unpaired) electrons. The van der Waals surface area contributed by atoms with Crippen LogP contribution >= 0.6 is 0 Å². The highest BCUT2D eigenvalue weighted by Gasteiger charge is 2.37. The lowest BCUT2D eigenvalue weighted by molar-refractivity contribution is 0.660. The van der Waals surface area contributed by atoms with Crippen molar-refractivity contribution in [3.63, 3.8) is 0 Å². The van der Waals surface area contributed by atoms with E-state index in [0.29, 0.717) is 0 Å². The number of hydrogen-bond acceptors (Lipinski definition) is 0. The van der Waals surface area contributed by atoms with E-state index in [1.807, 2.05) is 0 Å². The van der Waals surface area contributed by atoms with Crippen LogP contribution in [0.3, 0.4) is 0 Å². The fourth-order valence-electron chi connectivity index (χ4n) is 11.1. The summed E-state index contributed by atoms with van der Waals surface area (Å²) in [6, 6.07) is 73.3. The van der Waals surface area contributed by atoms with Crippen LogP contribution in [0.4, 0.5) is 0 Å². The van der Waals surface area contributed by atoms with E-state index in [1.165, 1.54) is 121 Å². The third-order valence-corrected chi connectivity index (χ3v) is 14.1. The molecule has 0 bridgehead atoms. The predicted molar refractivity (Wildman–Crippen MR) is 256 cm³/mol. The molecule has 0 unspecified atom stereocenters. The fraction of sp³-hybridized carbons (Fsp3) is 0.100. The minimum Gasteiger partial charge on any atom is -0.0622 e. The van der Waals surface area contributed by atoms with Crippen LogP contribution in [0.25, 0.3) is 99.1 Å². The van der Waals surface area contributed by atoms with Crippen molar-refractivity contribution in [1.82, 2.24) is 0 Å². The van der Waals surface area contributed by atoms with Crippen LogP contribution in [-0.2, 0) is 10.8 Å². The van der Waals surface area contributed by atoms with E-state index in [0.717, 1.165) is 0 Å². The van der Waals surface area contributed by atoms with Gasteiger partial charge in [-0.15, -0.1) is 0 Å². The molecule has 10 aromatic rings. The van der Waals surface area contributed by atoms with Gasteiger partial charge in [0, 0.05) is 10.8 Å². The van der Waals surface area contributed by atoms with Crippen LogP contribution in [0.2, 0.25) is 0 Å². The van der Waals surface area contributed by atoms with Crippen molar-refractivity contribution in [1.29, 1.82) is 0 Å². The quantitative estimate of drug-likeness (QED) is 0.157. The van der Waals surface area contributed by atoms with E-state index in [2.05, 4.69) is 222 Å². The summed E-state index contributed by atoms with van der Waals surface area (Å²) in [5.74, 6) is 0. The molecule has 60 heavy (non-hydrogen) atoms. The lowest BCUT2D eigenvalue weighted by Gasteiger charge is -2.25. The van der Waals surface area contributed by atoms with E-state index in [9.17, 15) is 0 Å². The maximum absolute atomic E-state index is 2.49. The second-order valence-corrected chi connectivity index (χ2v) is 18.0. The van der Waals surface area contributed by atoms with Crippen LogP contribution in [0, 0.1) is 0 Å². The SMILES string of the molecule is CC1(C)c2ccccc2-c2ccc(-c3cccc4c(-c5ccc6ccccc6c5)c5cccc(-c6ccc7c(c6)C(C)(C)c6ccccc6-7)c5c(-c5ccccc5)c34)cc21. The number of rotatable bonds is 4. The lowest BCUT2D eigenvalue weighted by Crippen LogP contribution is -2.14. The average molecular weight is 765 g/mol. The largest absolute Gasteiger partial charge is 0.0622 e. The molecule has 2 aliphatic carbocycles. The highest BCUT2D eigenvalue weighted by Crippen LogP contribution is 2.54. The fourth-order valence-corrected chi connectivity index (χ4v) is 11.1. The molecule has 0 fully saturated rings. The summed E-state index contributed by atoms with van der Waals surface area (Å²) in [4.78, 5) is 0. The Morgan fingerprint density at radius 3 is 1.28 bits per heavy atom. The molecule has 0 saturated carbocycles. The van der Waals surface area contributed by atoms with Gasteiger partial charge in [-0.05, 0) is 140 Å². The Morgan fingerprint density at radius 2 is 0.717 bits per heavy atom. The van der Waals surface area contributed by atoms with Gasteiger partial charge in [0.15, 0.2) is 0 Å². The first kappa shape index (κ1) is 35.0. The van der Waals surface area contributed by atoms with Crippen LogP contribution in [-0.4, -0.2) is 0 Å². The average Bonchev–Trinajstić information content (AvgIpc) is 3.66. The highest BCUT2D eigenvalue weighted by molar-refractivity contribution is 6.27. The van der Waals surface area contributed by atoms with Crippen LogP contribution in [0.5, 0.6) is 0 Å². The molecule has 10 aromatic carbocycles. The van der Waals surface area contributed by atoms with Crippen molar-refractivity contribution in [3.05, 3.63) is 216 Å². The van der Waals surface area contributed by atoms with Crippen molar-refractivity contribution in [2.75, 3.05) is 0 Å². The highest BCUT2D eigenvalue weighted by atomic mass is 14.4. The second kappa shape index (κ2) is 12.7. The van der Waals surface area contributed by atoms with Gasteiger partial charge in [-0.2, -0.15) is 0 Å². The van der Waals surface area contributed by atoms with E-state index < -0.39 is 0 Å². The first-order valence-corrected chi connectivity index (χ1v) is 21.3. The van der Waals surface area contributed by atoms with E-state index in [1.54, 1.807) is 0 Å². The van der Waals surface area contributed by atoms with Gasteiger partial charge in [-0.1, -0.05) is 204 Å². The predicted octanol–water partition coefficient (Wildman–Crippen LogP) is 16.4. The van der Waals surface area contributed by atoms with E-state index >= 15 is 0 Å². The number of hydrogen-bond donors (Lipinski definition) is 0. The smallest absolute Gasteiger partial charge is 0.0159 e. The zero-order chi connectivity index (χ0) is 40.3. The molecular formula is C60H44. The Morgan fingerprint density at radius 1 is 0.267 bits per heavy atom. The molecule has 2 aliphatic rings. The third-order valence-electron chi connectivity index (χ3n) is 14.1. The van der Waals surface area contributed by atoms with Crippen molar-refractivity contribution in [3.8, 4) is 66.8 Å². The van der Waals surface area contributed by atoms with Crippen molar-refractivity contribution < 1.29 is 0 Å². The van der Waals surface area contributed by atoms with Crippen LogP contribution < -0.4 is 0 Å². The summed E-state index contributed by atoms with van der Waals surface area (Å²) in [7, 11) is 0. The van der Waals surface area contributed by atoms with Gasteiger partial charge in [-0.3, -0.25) is 0 Å². The van der Waals surface area contributed by atoms with Crippen LogP contribution in [0.1, 0.15) is 49.9 Å². The molecule has 0 saturated heterocycles. The lowest BCUT2D eigenvalue weighted by atomic mass is 9.78. The monoisotopic (exact) mass is 764 g/mol. The van der Waals surface area contributed by atoms with Crippen molar-refractivity contribution >= 4 is 32.3 Å². The third kappa shape index (κ3) is 4.91. The zero-order valence-corrected chi connectivity index (χ0v) is 34.5. The van der Waals surface area contributed by atoms with Crippen molar-refractivity contribution in [2.24, 2.45) is 0 Å². The molecule has 0 amide bonds. The molecule has 284 valence electrons. The molecule has 0 heterocycles. The summed E-state index contributed by atoms with van der Waals surface area (Å²) in [6.07, 6.45) is 0. The first-order valence-electron chi connectivity index (χ1n) is 21.3. The van der Waals surface area contributed by atoms with Gasteiger partial charge in [0.25, 0.3) is 0 Å². The Bertz CT molecular complexity index is 3240. The zero-order valence-electron chi connectivity index (χ0n) is 34.5. The summed E-state index contributed by atoms with van der Waals surface area (Å²) in [6.45, 7) is 9.53. The molecular weight excluding hydrogens is 721 g/mol. The van der Waals surface area contributed by atoms with Gasteiger partial charge in [0.05, 0.1) is 0 Å². The Labute approximate surface area is 352 Å². The number of benzene rings is 10. The maximum atomic E-state index is 2.49. The van der Waals surface area contributed by atoms with E-state index in [-0.39, 0.29) is 10.8 Å². The molecule has 12 rings (SSSR count). The summed E-state index contributed by atoms with van der Waals surface area (Å²) >= 11 is 0.